The van der Waals surface area contributed by atoms with Gasteiger partial charge in [0, 0.05) is 34.7 Å². The van der Waals surface area contributed by atoms with E-state index in [-0.39, 0.29) is 18.1 Å². The van der Waals surface area contributed by atoms with E-state index in [2.05, 4.69) is 12.2 Å². The summed E-state index contributed by atoms with van der Waals surface area (Å²) in [5.74, 6) is 0. The molecule has 2 N–H and O–H groups in total. The van der Waals surface area contributed by atoms with Crippen LogP contribution in [0.15, 0.2) is 18.2 Å². The second-order valence-corrected chi connectivity index (χ2v) is 5.77. The lowest BCUT2D eigenvalue weighted by molar-refractivity contribution is 0.204. The first-order chi connectivity index (χ1) is 8.06. The minimum Gasteiger partial charge on any atom is -0.396 e. The lowest BCUT2D eigenvalue weighted by Gasteiger charge is -2.19. The molecule has 0 bridgehead atoms. The van der Waals surface area contributed by atoms with E-state index in [9.17, 15) is 5.11 Å². The normalized spacial score (nSPS) is 19.1. The molecule has 1 aliphatic rings. The van der Waals surface area contributed by atoms with Gasteiger partial charge in [-0.05, 0) is 37.5 Å². The van der Waals surface area contributed by atoms with E-state index in [4.69, 9.17) is 23.2 Å². The van der Waals surface area contributed by atoms with Crippen molar-refractivity contribution in [1.29, 1.82) is 0 Å². The molecule has 1 atom stereocenters. The van der Waals surface area contributed by atoms with Gasteiger partial charge in [-0.2, -0.15) is 0 Å². The summed E-state index contributed by atoms with van der Waals surface area (Å²) in [5.41, 5.74) is 1.16. The molecule has 0 aliphatic heterocycles. The highest BCUT2D eigenvalue weighted by atomic mass is 35.5. The molecule has 94 valence electrons. The fourth-order valence-electron chi connectivity index (χ4n) is 1.90. The zero-order valence-electron chi connectivity index (χ0n) is 9.84. The van der Waals surface area contributed by atoms with E-state index in [1.807, 2.05) is 12.1 Å². The van der Waals surface area contributed by atoms with Crippen molar-refractivity contribution in [3.8, 4) is 0 Å². The van der Waals surface area contributed by atoms with Crippen molar-refractivity contribution in [1.82, 2.24) is 5.32 Å². The summed E-state index contributed by atoms with van der Waals surface area (Å²) in [4.78, 5) is 0. The average molecular weight is 274 g/mol. The fourth-order valence-corrected chi connectivity index (χ4v) is 2.47. The van der Waals surface area contributed by atoms with Crippen LogP contribution in [-0.2, 0) is 0 Å². The molecule has 0 aromatic heterocycles. The Balaban J connectivity index is 1.97. The summed E-state index contributed by atoms with van der Waals surface area (Å²) in [6.07, 6.45) is 2.22. The Bertz CT molecular complexity index is 404. The number of hydrogen-bond acceptors (Lipinski definition) is 2. The smallest absolute Gasteiger partial charge is 0.0499 e. The van der Waals surface area contributed by atoms with Crippen LogP contribution in [0, 0.1) is 5.41 Å². The molecule has 1 unspecified atom stereocenters. The molecule has 2 nitrogen and oxygen atoms in total. The number of aliphatic hydroxyl groups excluding tert-OH is 1. The third-order valence-corrected chi connectivity index (χ3v) is 4.07. The first kappa shape index (κ1) is 13.2. The zero-order valence-corrected chi connectivity index (χ0v) is 11.4. The van der Waals surface area contributed by atoms with Crippen LogP contribution >= 0.6 is 23.2 Å². The second-order valence-electron chi connectivity index (χ2n) is 4.93. The maximum atomic E-state index is 9.25. The van der Waals surface area contributed by atoms with Crippen LogP contribution < -0.4 is 5.32 Å². The largest absolute Gasteiger partial charge is 0.396 e. The molecule has 1 saturated carbocycles. The third-order valence-electron chi connectivity index (χ3n) is 3.50. The Morgan fingerprint density at radius 1 is 1.41 bits per heavy atom. The predicted octanol–water partition coefficient (Wildman–Crippen LogP) is 3.42. The van der Waals surface area contributed by atoms with Crippen molar-refractivity contribution in [2.75, 3.05) is 13.2 Å². The minimum absolute atomic E-state index is 0.118. The first-order valence-corrected chi connectivity index (χ1v) is 6.61. The number of rotatable bonds is 5. The molecule has 4 heteroatoms. The summed E-state index contributed by atoms with van der Waals surface area (Å²) >= 11 is 12.0. The molecule has 1 aromatic rings. The van der Waals surface area contributed by atoms with Crippen molar-refractivity contribution in [3.05, 3.63) is 33.8 Å². The van der Waals surface area contributed by atoms with Crippen LogP contribution in [0.5, 0.6) is 0 Å². The van der Waals surface area contributed by atoms with Gasteiger partial charge in [0.1, 0.15) is 0 Å². The molecule has 1 aromatic carbocycles. The lowest BCUT2D eigenvalue weighted by atomic mass is 10.1. The Labute approximate surface area is 112 Å². The summed E-state index contributed by atoms with van der Waals surface area (Å²) in [7, 11) is 0. The van der Waals surface area contributed by atoms with E-state index < -0.39 is 0 Å². The van der Waals surface area contributed by atoms with Gasteiger partial charge in [-0.1, -0.05) is 29.3 Å². The molecular weight excluding hydrogens is 257 g/mol. The molecule has 0 saturated heterocycles. The molecule has 0 amide bonds. The minimum atomic E-state index is 0.118. The van der Waals surface area contributed by atoms with Crippen LogP contribution in [0.2, 0.25) is 10.0 Å². The van der Waals surface area contributed by atoms with E-state index in [0.717, 1.165) is 24.9 Å². The van der Waals surface area contributed by atoms with Gasteiger partial charge in [-0.25, -0.2) is 0 Å². The van der Waals surface area contributed by atoms with E-state index in [1.54, 1.807) is 6.07 Å². The lowest BCUT2D eigenvalue weighted by Crippen LogP contribution is -2.28. The van der Waals surface area contributed by atoms with Crippen molar-refractivity contribution in [2.45, 2.75) is 25.8 Å². The predicted molar refractivity (Wildman–Crippen MR) is 71.6 cm³/mol. The van der Waals surface area contributed by atoms with Gasteiger partial charge in [-0.15, -0.1) is 0 Å². The molecule has 1 aliphatic carbocycles. The summed E-state index contributed by atoms with van der Waals surface area (Å²) in [6, 6.07) is 5.72. The van der Waals surface area contributed by atoms with Gasteiger partial charge >= 0.3 is 0 Å². The summed E-state index contributed by atoms with van der Waals surface area (Å²) in [5, 5.41) is 14.0. The van der Waals surface area contributed by atoms with Gasteiger partial charge in [0.15, 0.2) is 0 Å². The van der Waals surface area contributed by atoms with Gasteiger partial charge in [0.05, 0.1) is 0 Å². The zero-order chi connectivity index (χ0) is 12.5. The third kappa shape index (κ3) is 3.14. The Morgan fingerprint density at radius 2 is 2.12 bits per heavy atom. The monoisotopic (exact) mass is 273 g/mol. The first-order valence-electron chi connectivity index (χ1n) is 5.85. The van der Waals surface area contributed by atoms with Crippen molar-refractivity contribution in [3.63, 3.8) is 0 Å². The summed E-state index contributed by atoms with van der Waals surface area (Å²) < 4.78 is 0. The molecule has 0 radical (unpaired) electrons. The molecule has 17 heavy (non-hydrogen) atoms. The molecule has 2 rings (SSSR count). The van der Waals surface area contributed by atoms with Gasteiger partial charge in [-0.3, -0.25) is 0 Å². The topological polar surface area (TPSA) is 32.3 Å². The molecule has 0 spiro atoms. The van der Waals surface area contributed by atoms with Crippen LogP contribution in [0.25, 0.3) is 0 Å². The standard InChI is InChI=1S/C13H17Cl2NO/c1-9(16-7-13(8-17)4-5-13)11-3-2-10(14)6-12(11)15/h2-3,6,9,16-17H,4-5,7-8H2,1H3. The maximum absolute atomic E-state index is 9.25. The number of halogens is 2. The van der Waals surface area contributed by atoms with Gasteiger partial charge < -0.3 is 10.4 Å². The van der Waals surface area contributed by atoms with Crippen molar-refractivity contribution in [2.24, 2.45) is 5.41 Å². The highest BCUT2D eigenvalue weighted by Crippen LogP contribution is 2.44. The SMILES string of the molecule is CC(NCC1(CO)CC1)c1ccc(Cl)cc1Cl. The van der Waals surface area contributed by atoms with Crippen LogP contribution in [0.1, 0.15) is 31.4 Å². The quantitative estimate of drug-likeness (QED) is 0.862. The number of hydrogen-bond donors (Lipinski definition) is 2. The average Bonchev–Trinajstić information content (AvgIpc) is 3.07. The van der Waals surface area contributed by atoms with Crippen molar-refractivity contribution >= 4 is 23.2 Å². The Kier molecular flexibility index (Phi) is 3.99. The van der Waals surface area contributed by atoms with Gasteiger partial charge in [0.2, 0.25) is 0 Å². The van der Waals surface area contributed by atoms with E-state index in [0.29, 0.717) is 10.0 Å². The second kappa shape index (κ2) is 5.15. The number of nitrogens with one attached hydrogen (secondary N) is 1. The number of aliphatic hydroxyl groups is 1. The van der Waals surface area contributed by atoms with Crippen LogP contribution in [-0.4, -0.2) is 18.3 Å². The molecule has 0 heterocycles. The Hall–Kier alpha value is -0.280. The van der Waals surface area contributed by atoms with Crippen LogP contribution in [0.4, 0.5) is 0 Å². The van der Waals surface area contributed by atoms with Crippen LogP contribution in [0.3, 0.4) is 0 Å². The number of benzene rings is 1. The fraction of sp³-hybridized carbons (Fsp3) is 0.538. The maximum Gasteiger partial charge on any atom is 0.0499 e. The highest BCUT2D eigenvalue weighted by molar-refractivity contribution is 6.35. The summed E-state index contributed by atoms with van der Waals surface area (Å²) in [6.45, 7) is 3.17. The highest BCUT2D eigenvalue weighted by Gasteiger charge is 2.41. The Morgan fingerprint density at radius 3 is 2.65 bits per heavy atom. The van der Waals surface area contributed by atoms with Crippen molar-refractivity contribution < 1.29 is 5.11 Å². The molecular formula is C13H17Cl2NO. The van der Waals surface area contributed by atoms with E-state index in [1.165, 1.54) is 0 Å². The van der Waals surface area contributed by atoms with Gasteiger partial charge in [0.25, 0.3) is 0 Å². The molecule has 1 fully saturated rings. The van der Waals surface area contributed by atoms with E-state index >= 15 is 0 Å².